The number of halogens is 1. The first-order valence-electron chi connectivity index (χ1n) is 6.55. The largest absolute Gasteiger partial charge is 0.369 e. The second kappa shape index (κ2) is 5.36. The first-order valence-corrected chi connectivity index (χ1v) is 8.57. The number of thiophene rings is 1. The molecule has 5 heteroatoms. The predicted octanol–water partition coefficient (Wildman–Crippen LogP) is 4.43. The zero-order valence-electron chi connectivity index (χ0n) is 11.0. The molecule has 19 heavy (non-hydrogen) atoms. The average molecular weight is 385 g/mol. The van der Waals surface area contributed by atoms with Crippen molar-refractivity contribution in [2.24, 2.45) is 0 Å². The minimum Gasteiger partial charge on any atom is -0.369 e. The lowest BCUT2D eigenvalue weighted by atomic mass is 10.2. The Morgan fingerprint density at radius 3 is 2.74 bits per heavy atom. The zero-order chi connectivity index (χ0) is 13.4. The Kier molecular flexibility index (Phi) is 3.75. The second-order valence-corrected chi connectivity index (χ2v) is 6.69. The smallest absolute Gasteiger partial charge is 0.162 e. The van der Waals surface area contributed by atoms with Crippen molar-refractivity contribution < 1.29 is 0 Å². The van der Waals surface area contributed by atoms with Crippen LogP contribution < -0.4 is 5.32 Å². The van der Waals surface area contributed by atoms with Crippen LogP contribution >= 0.6 is 33.9 Å². The van der Waals surface area contributed by atoms with Crippen molar-refractivity contribution >= 4 is 39.7 Å². The third kappa shape index (κ3) is 2.63. The fourth-order valence-electron chi connectivity index (χ4n) is 2.09. The molecule has 1 saturated carbocycles. The van der Waals surface area contributed by atoms with Gasteiger partial charge in [0, 0.05) is 23.4 Å². The third-order valence-corrected chi connectivity index (χ3v) is 5.21. The summed E-state index contributed by atoms with van der Waals surface area (Å²) in [4.78, 5) is 9.54. The first-order chi connectivity index (χ1) is 9.20. The molecule has 3 nitrogen and oxygen atoms in total. The van der Waals surface area contributed by atoms with Crippen molar-refractivity contribution in [1.29, 1.82) is 0 Å². The van der Waals surface area contributed by atoms with Crippen molar-refractivity contribution in [2.45, 2.75) is 32.6 Å². The van der Waals surface area contributed by atoms with Gasteiger partial charge in [-0.05, 0) is 60.2 Å². The molecule has 1 aliphatic carbocycles. The van der Waals surface area contributed by atoms with Gasteiger partial charge in [0.15, 0.2) is 5.82 Å². The fraction of sp³-hybridized carbons (Fsp3) is 0.429. The van der Waals surface area contributed by atoms with E-state index in [-0.39, 0.29) is 0 Å². The van der Waals surface area contributed by atoms with E-state index < -0.39 is 0 Å². The maximum absolute atomic E-state index is 4.83. The number of aryl methyl sites for hydroxylation is 1. The van der Waals surface area contributed by atoms with Gasteiger partial charge in [-0.3, -0.25) is 0 Å². The molecule has 0 saturated heterocycles. The molecule has 0 spiro atoms. The number of hydrogen-bond donors (Lipinski definition) is 1. The van der Waals surface area contributed by atoms with Crippen molar-refractivity contribution in [3.05, 3.63) is 25.6 Å². The van der Waals surface area contributed by atoms with Crippen LogP contribution in [0.15, 0.2) is 10.8 Å². The van der Waals surface area contributed by atoms with E-state index in [9.17, 15) is 0 Å². The molecule has 0 amide bonds. The van der Waals surface area contributed by atoms with Crippen molar-refractivity contribution in [3.8, 4) is 11.4 Å². The zero-order valence-corrected chi connectivity index (χ0v) is 14.0. The van der Waals surface area contributed by atoms with Gasteiger partial charge in [0.05, 0.1) is 9.26 Å². The lowest BCUT2D eigenvalue weighted by molar-refractivity contribution is 0.972. The third-order valence-electron chi connectivity index (χ3n) is 3.28. The molecular weight excluding hydrogens is 369 g/mol. The van der Waals surface area contributed by atoms with Crippen LogP contribution in [-0.2, 0) is 0 Å². The molecule has 1 N–H and O–H groups in total. The molecular formula is C14H16IN3S. The van der Waals surface area contributed by atoms with Crippen molar-refractivity contribution in [2.75, 3.05) is 11.9 Å². The minimum absolute atomic E-state index is 0.644. The van der Waals surface area contributed by atoms with Crippen LogP contribution in [0.3, 0.4) is 0 Å². The number of anilines is 1. The molecule has 0 atom stereocenters. The number of aromatic nitrogens is 2. The lowest BCUT2D eigenvalue weighted by Crippen LogP contribution is -2.07. The summed E-state index contributed by atoms with van der Waals surface area (Å²) in [6, 6.07) is 0. The van der Waals surface area contributed by atoms with Gasteiger partial charge >= 0.3 is 0 Å². The molecule has 0 radical (unpaired) electrons. The summed E-state index contributed by atoms with van der Waals surface area (Å²) in [7, 11) is 0. The monoisotopic (exact) mass is 385 g/mol. The highest BCUT2D eigenvalue weighted by molar-refractivity contribution is 14.1. The van der Waals surface area contributed by atoms with E-state index >= 15 is 0 Å². The van der Waals surface area contributed by atoms with E-state index in [0.29, 0.717) is 5.92 Å². The van der Waals surface area contributed by atoms with Crippen LogP contribution in [-0.4, -0.2) is 16.5 Å². The van der Waals surface area contributed by atoms with Crippen LogP contribution in [0.4, 0.5) is 5.82 Å². The van der Waals surface area contributed by atoms with Gasteiger partial charge in [0.25, 0.3) is 0 Å². The standard InChI is InChI=1S/C14H16IN3S/c1-3-16-14-11(15)12(9-4-5-9)17-13(18-14)10-7-19-6-8(10)2/h6-7,9H,3-5H2,1-2H3,(H,16,17,18). The first kappa shape index (κ1) is 13.3. The number of nitrogens with one attached hydrogen (secondary N) is 1. The molecule has 0 aliphatic heterocycles. The Hall–Kier alpha value is -0.690. The SMILES string of the molecule is CCNc1nc(-c2cscc2C)nc(C2CC2)c1I. The van der Waals surface area contributed by atoms with E-state index in [0.717, 1.165) is 18.2 Å². The van der Waals surface area contributed by atoms with E-state index in [1.54, 1.807) is 11.3 Å². The summed E-state index contributed by atoms with van der Waals surface area (Å²) in [5.74, 6) is 2.50. The molecule has 2 aromatic heterocycles. The highest BCUT2D eigenvalue weighted by Crippen LogP contribution is 2.43. The van der Waals surface area contributed by atoms with Crippen molar-refractivity contribution in [3.63, 3.8) is 0 Å². The van der Waals surface area contributed by atoms with Crippen LogP contribution in [0, 0.1) is 10.5 Å². The van der Waals surface area contributed by atoms with Crippen LogP contribution in [0.1, 0.15) is 36.9 Å². The molecule has 3 rings (SSSR count). The summed E-state index contributed by atoms with van der Waals surface area (Å²) in [5.41, 5.74) is 3.66. The van der Waals surface area contributed by atoms with Crippen LogP contribution in [0.25, 0.3) is 11.4 Å². The number of hydrogen-bond acceptors (Lipinski definition) is 4. The molecule has 2 heterocycles. The molecule has 0 aromatic carbocycles. The van der Waals surface area contributed by atoms with Gasteiger partial charge in [-0.25, -0.2) is 9.97 Å². The highest BCUT2D eigenvalue weighted by atomic mass is 127. The molecule has 1 fully saturated rings. The molecule has 0 unspecified atom stereocenters. The van der Waals surface area contributed by atoms with Gasteiger partial charge in [0.2, 0.25) is 0 Å². The summed E-state index contributed by atoms with van der Waals surface area (Å²) < 4.78 is 1.19. The van der Waals surface area contributed by atoms with Gasteiger partial charge in [-0.15, -0.1) is 0 Å². The minimum atomic E-state index is 0.644. The van der Waals surface area contributed by atoms with E-state index in [1.165, 1.54) is 33.2 Å². The summed E-state index contributed by atoms with van der Waals surface area (Å²) in [5, 5.41) is 7.66. The van der Waals surface area contributed by atoms with Gasteiger partial charge in [0.1, 0.15) is 5.82 Å². The molecule has 2 aromatic rings. The van der Waals surface area contributed by atoms with E-state index in [2.05, 4.69) is 52.5 Å². The van der Waals surface area contributed by atoms with Gasteiger partial charge < -0.3 is 5.32 Å². The summed E-state index contributed by atoms with van der Waals surface area (Å²) in [6.07, 6.45) is 2.53. The molecule has 100 valence electrons. The Balaban J connectivity index is 2.12. The Morgan fingerprint density at radius 2 is 2.16 bits per heavy atom. The second-order valence-electron chi connectivity index (χ2n) is 4.87. The predicted molar refractivity (Wildman–Crippen MR) is 88.9 cm³/mol. The summed E-state index contributed by atoms with van der Waals surface area (Å²) >= 11 is 4.09. The van der Waals surface area contributed by atoms with Gasteiger partial charge in [-0.2, -0.15) is 11.3 Å². The van der Waals surface area contributed by atoms with E-state index in [1.807, 2.05) is 0 Å². The normalized spacial score (nSPS) is 14.7. The quantitative estimate of drug-likeness (QED) is 0.792. The molecule has 1 aliphatic rings. The van der Waals surface area contributed by atoms with Gasteiger partial charge in [-0.1, -0.05) is 0 Å². The summed E-state index contributed by atoms with van der Waals surface area (Å²) in [6.45, 7) is 5.11. The Labute approximate surface area is 131 Å². The number of rotatable bonds is 4. The van der Waals surface area contributed by atoms with Crippen LogP contribution in [0.2, 0.25) is 0 Å². The topological polar surface area (TPSA) is 37.8 Å². The number of nitrogens with zero attached hydrogens (tertiary/aromatic N) is 2. The van der Waals surface area contributed by atoms with Crippen molar-refractivity contribution in [1.82, 2.24) is 9.97 Å². The van der Waals surface area contributed by atoms with Crippen LogP contribution in [0.5, 0.6) is 0 Å². The highest BCUT2D eigenvalue weighted by Gasteiger charge is 2.29. The Morgan fingerprint density at radius 1 is 1.37 bits per heavy atom. The van der Waals surface area contributed by atoms with E-state index in [4.69, 9.17) is 9.97 Å². The Bertz CT molecular complexity index is 605. The fourth-order valence-corrected chi connectivity index (χ4v) is 3.79. The lowest BCUT2D eigenvalue weighted by Gasteiger charge is -2.11. The maximum Gasteiger partial charge on any atom is 0.162 e. The molecule has 0 bridgehead atoms. The maximum atomic E-state index is 4.83. The average Bonchev–Trinajstić information content (AvgIpc) is 3.14.